The quantitative estimate of drug-likeness (QED) is 0.620. The first-order valence-electron chi connectivity index (χ1n) is 8.57. The van der Waals surface area contributed by atoms with Crippen LogP contribution in [0.1, 0.15) is 19.8 Å². The number of nitrogens with one attached hydrogen (secondary N) is 3. The van der Waals surface area contributed by atoms with Crippen LogP contribution in [0, 0.1) is 5.92 Å². The lowest BCUT2D eigenvalue weighted by Crippen LogP contribution is -2.43. The van der Waals surface area contributed by atoms with Crippen molar-refractivity contribution >= 4 is 39.1 Å². The van der Waals surface area contributed by atoms with Crippen LogP contribution in [0.3, 0.4) is 0 Å². The molecule has 1 heterocycles. The fourth-order valence-electron chi connectivity index (χ4n) is 2.83. The zero-order valence-electron chi connectivity index (χ0n) is 15.3. The van der Waals surface area contributed by atoms with E-state index in [0.29, 0.717) is 43.9 Å². The molecule has 1 saturated heterocycles. The molecule has 9 nitrogen and oxygen atoms in total. The number of carbonyl (C=O) groups is 3. The average Bonchev–Trinajstić information content (AvgIpc) is 2.59. The van der Waals surface area contributed by atoms with Gasteiger partial charge in [0.15, 0.2) is 0 Å². The fraction of sp³-hybridized carbons (Fsp3) is 0.471. The van der Waals surface area contributed by atoms with Crippen LogP contribution in [0.5, 0.6) is 0 Å². The van der Waals surface area contributed by atoms with Crippen LogP contribution in [0.4, 0.5) is 11.4 Å². The van der Waals surface area contributed by atoms with E-state index < -0.39 is 21.8 Å². The molecule has 0 aromatic heterocycles. The summed E-state index contributed by atoms with van der Waals surface area (Å²) >= 11 is 0. The minimum atomic E-state index is -3.18. The Balaban J connectivity index is 1.79. The summed E-state index contributed by atoms with van der Waals surface area (Å²) in [5, 5.41) is 7.66. The van der Waals surface area contributed by atoms with Crippen molar-refractivity contribution in [3.8, 4) is 0 Å². The summed E-state index contributed by atoms with van der Waals surface area (Å²) in [6.45, 7) is 2.53. The first kappa shape index (κ1) is 20.8. The molecule has 1 aromatic carbocycles. The van der Waals surface area contributed by atoms with E-state index in [1.54, 1.807) is 24.3 Å². The van der Waals surface area contributed by atoms with Crippen LogP contribution in [-0.4, -0.2) is 56.3 Å². The monoisotopic (exact) mass is 396 g/mol. The third kappa shape index (κ3) is 6.65. The number of hydrogen-bond acceptors (Lipinski definition) is 5. The number of amides is 3. The van der Waals surface area contributed by atoms with Gasteiger partial charge < -0.3 is 16.0 Å². The van der Waals surface area contributed by atoms with Crippen LogP contribution in [0.25, 0.3) is 0 Å². The lowest BCUT2D eigenvalue weighted by molar-refractivity contribution is -0.136. The first-order chi connectivity index (χ1) is 12.6. The van der Waals surface area contributed by atoms with Crippen molar-refractivity contribution < 1.29 is 22.8 Å². The molecule has 27 heavy (non-hydrogen) atoms. The van der Waals surface area contributed by atoms with Gasteiger partial charge in [-0.15, -0.1) is 0 Å². The number of hydrogen-bond donors (Lipinski definition) is 3. The molecule has 0 spiro atoms. The van der Waals surface area contributed by atoms with Gasteiger partial charge in [0.05, 0.1) is 6.26 Å². The highest BCUT2D eigenvalue weighted by Crippen LogP contribution is 2.18. The molecule has 1 aliphatic rings. The lowest BCUT2D eigenvalue weighted by Gasteiger charge is -2.30. The van der Waals surface area contributed by atoms with Gasteiger partial charge >= 0.3 is 11.8 Å². The Morgan fingerprint density at radius 1 is 1.07 bits per heavy atom. The van der Waals surface area contributed by atoms with Crippen LogP contribution in [0.15, 0.2) is 24.3 Å². The van der Waals surface area contributed by atoms with Crippen molar-refractivity contribution in [3.63, 3.8) is 0 Å². The van der Waals surface area contributed by atoms with E-state index in [1.807, 2.05) is 0 Å². The van der Waals surface area contributed by atoms with E-state index in [2.05, 4.69) is 16.0 Å². The summed E-state index contributed by atoms with van der Waals surface area (Å²) in [6, 6.07) is 6.47. The third-order valence-electron chi connectivity index (χ3n) is 4.24. The van der Waals surface area contributed by atoms with Crippen molar-refractivity contribution in [2.45, 2.75) is 19.8 Å². The maximum atomic E-state index is 12.0. The number of anilines is 2. The predicted octanol–water partition coefficient (Wildman–Crippen LogP) is 0.371. The Hall–Kier alpha value is -2.46. The summed E-state index contributed by atoms with van der Waals surface area (Å²) in [5.41, 5.74) is 0.904. The minimum Gasteiger partial charge on any atom is -0.348 e. The van der Waals surface area contributed by atoms with Crippen LogP contribution in [-0.2, 0) is 24.4 Å². The molecule has 0 unspecified atom stereocenters. The number of benzene rings is 1. The second-order valence-corrected chi connectivity index (χ2v) is 8.51. The molecular weight excluding hydrogens is 372 g/mol. The molecule has 3 N–H and O–H groups in total. The van der Waals surface area contributed by atoms with E-state index in [1.165, 1.54) is 17.5 Å². The van der Waals surface area contributed by atoms with Gasteiger partial charge in [-0.1, -0.05) is 6.07 Å². The molecule has 1 fully saturated rings. The van der Waals surface area contributed by atoms with E-state index in [9.17, 15) is 22.8 Å². The zero-order chi connectivity index (χ0) is 20.0. The summed E-state index contributed by atoms with van der Waals surface area (Å²) in [5.74, 6) is -1.67. The number of rotatable bonds is 5. The molecule has 0 aliphatic carbocycles. The molecular formula is C17H24N4O5S. The molecule has 10 heteroatoms. The Kier molecular flexibility index (Phi) is 6.92. The lowest BCUT2D eigenvalue weighted by atomic mass is 9.98. The first-order valence-corrected chi connectivity index (χ1v) is 10.4. The highest BCUT2D eigenvalue weighted by Gasteiger charge is 2.25. The maximum absolute atomic E-state index is 12.0. The summed E-state index contributed by atoms with van der Waals surface area (Å²) < 4.78 is 24.4. The summed E-state index contributed by atoms with van der Waals surface area (Å²) in [7, 11) is -3.18. The molecule has 1 aliphatic heterocycles. The van der Waals surface area contributed by atoms with Crippen molar-refractivity contribution in [3.05, 3.63) is 24.3 Å². The second kappa shape index (κ2) is 8.96. The van der Waals surface area contributed by atoms with Gasteiger partial charge in [0.2, 0.25) is 15.9 Å². The minimum absolute atomic E-state index is 0.128. The number of sulfonamides is 1. The highest BCUT2D eigenvalue weighted by molar-refractivity contribution is 7.88. The fourth-order valence-corrected chi connectivity index (χ4v) is 3.70. The van der Waals surface area contributed by atoms with Gasteiger partial charge in [-0.2, -0.15) is 0 Å². The van der Waals surface area contributed by atoms with Crippen molar-refractivity contribution in [1.82, 2.24) is 9.62 Å². The molecule has 3 amide bonds. The Labute approximate surface area is 158 Å². The molecule has 0 saturated carbocycles. The molecule has 1 aromatic rings. The molecule has 0 atom stereocenters. The summed E-state index contributed by atoms with van der Waals surface area (Å²) in [6.07, 6.45) is 2.45. The molecule has 0 radical (unpaired) electrons. The highest BCUT2D eigenvalue weighted by atomic mass is 32.2. The van der Waals surface area contributed by atoms with Gasteiger partial charge in [0.25, 0.3) is 0 Å². The smallest absolute Gasteiger partial charge is 0.313 e. The van der Waals surface area contributed by atoms with Crippen LogP contribution in [0.2, 0.25) is 0 Å². The summed E-state index contributed by atoms with van der Waals surface area (Å²) in [4.78, 5) is 35.0. The van der Waals surface area contributed by atoms with Gasteiger partial charge in [0.1, 0.15) is 0 Å². The van der Waals surface area contributed by atoms with Crippen LogP contribution >= 0.6 is 0 Å². The van der Waals surface area contributed by atoms with Gasteiger partial charge in [-0.3, -0.25) is 14.4 Å². The van der Waals surface area contributed by atoms with Crippen LogP contribution < -0.4 is 16.0 Å². The van der Waals surface area contributed by atoms with E-state index in [-0.39, 0.29) is 11.8 Å². The van der Waals surface area contributed by atoms with E-state index in [4.69, 9.17) is 0 Å². The SMILES string of the molecule is CC(=O)Nc1cccc(NC(=O)C(=O)NCC2CCN(S(C)(=O)=O)CC2)c1. The third-order valence-corrected chi connectivity index (χ3v) is 5.54. The number of piperidine rings is 1. The van der Waals surface area contributed by atoms with Crippen molar-refractivity contribution in [2.24, 2.45) is 5.92 Å². The topological polar surface area (TPSA) is 125 Å². The second-order valence-electron chi connectivity index (χ2n) is 6.53. The Bertz CT molecular complexity index is 816. The van der Waals surface area contributed by atoms with Gasteiger partial charge in [-0.05, 0) is 37.0 Å². The zero-order valence-corrected chi connectivity index (χ0v) is 16.1. The largest absolute Gasteiger partial charge is 0.348 e. The van der Waals surface area contributed by atoms with Gasteiger partial charge in [0, 0.05) is 37.9 Å². The van der Waals surface area contributed by atoms with E-state index >= 15 is 0 Å². The number of carbonyl (C=O) groups excluding carboxylic acids is 3. The van der Waals surface area contributed by atoms with Crippen molar-refractivity contribution in [2.75, 3.05) is 36.5 Å². The normalized spacial score (nSPS) is 15.8. The molecule has 0 bridgehead atoms. The number of nitrogens with zero attached hydrogens (tertiary/aromatic N) is 1. The standard InChI is InChI=1S/C17H24N4O5S/c1-12(22)19-14-4-3-5-15(10-14)20-17(24)16(23)18-11-13-6-8-21(9-7-13)27(2,25)26/h3-5,10,13H,6-9,11H2,1-2H3,(H,18,23)(H,19,22)(H,20,24). The Morgan fingerprint density at radius 3 is 2.22 bits per heavy atom. The van der Waals surface area contributed by atoms with Crippen molar-refractivity contribution in [1.29, 1.82) is 0 Å². The van der Waals surface area contributed by atoms with E-state index in [0.717, 1.165) is 0 Å². The maximum Gasteiger partial charge on any atom is 0.313 e. The van der Waals surface area contributed by atoms with Gasteiger partial charge in [-0.25, -0.2) is 12.7 Å². The Morgan fingerprint density at radius 2 is 1.67 bits per heavy atom. The predicted molar refractivity (Wildman–Crippen MR) is 102 cm³/mol. The molecule has 148 valence electrons. The molecule has 2 rings (SSSR count). The average molecular weight is 396 g/mol.